The number of aliphatic hydroxyl groups is 3. The van der Waals surface area contributed by atoms with E-state index in [1.807, 2.05) is 11.3 Å². The Labute approximate surface area is 221 Å². The summed E-state index contributed by atoms with van der Waals surface area (Å²) in [6.07, 6.45) is 16.6. The number of thiophene rings is 1. The van der Waals surface area contributed by atoms with Crippen LogP contribution in [0, 0.1) is 30.1 Å². The molecule has 0 saturated heterocycles. The second-order valence-corrected chi connectivity index (χ2v) is 13.7. The number of rotatable bonds is 6. The van der Waals surface area contributed by atoms with E-state index in [-0.39, 0.29) is 10.8 Å². The van der Waals surface area contributed by atoms with Gasteiger partial charge in [-0.05, 0) is 105 Å². The molecule has 3 N–H and O–H groups in total. The number of hydrogen-bond acceptors (Lipinski definition) is 4. The normalized spacial score (nSPS) is 38.0. The molecule has 4 aliphatic carbocycles. The zero-order valence-electron chi connectivity index (χ0n) is 22.2. The molecule has 4 heteroatoms. The van der Waals surface area contributed by atoms with Crippen LogP contribution in [0.15, 0.2) is 59.7 Å². The van der Waals surface area contributed by atoms with Crippen LogP contribution in [-0.2, 0) is 5.41 Å². The van der Waals surface area contributed by atoms with Crippen LogP contribution >= 0.6 is 11.3 Å². The fraction of sp³-hybridized carbons (Fsp3) is 0.625. The van der Waals surface area contributed by atoms with Crippen molar-refractivity contribution in [3.63, 3.8) is 0 Å². The average molecular weight is 509 g/mol. The molecule has 0 radical (unpaired) electrons. The monoisotopic (exact) mass is 508 g/mol. The van der Waals surface area contributed by atoms with Crippen molar-refractivity contribution in [2.24, 2.45) is 23.2 Å². The third-order valence-electron chi connectivity index (χ3n) is 10.1. The Balaban J connectivity index is 1.29. The second kappa shape index (κ2) is 10.0. The molecule has 4 fully saturated rings. The summed E-state index contributed by atoms with van der Waals surface area (Å²) in [7, 11) is 0. The van der Waals surface area contributed by atoms with E-state index in [0.717, 1.165) is 30.4 Å². The number of aliphatic hydroxyl groups excluding tert-OH is 3. The van der Waals surface area contributed by atoms with Crippen LogP contribution in [0.1, 0.15) is 81.4 Å². The Morgan fingerprint density at radius 1 is 1.11 bits per heavy atom. The number of fused-ring (bicyclic) bond motifs is 1. The highest BCUT2D eigenvalue weighted by Gasteiger charge is 2.52. The van der Waals surface area contributed by atoms with E-state index < -0.39 is 18.3 Å². The highest BCUT2D eigenvalue weighted by molar-refractivity contribution is 7.12. The molecule has 196 valence electrons. The maximum absolute atomic E-state index is 11.1. The first-order valence-electron chi connectivity index (χ1n) is 14.0. The summed E-state index contributed by atoms with van der Waals surface area (Å²) in [6.45, 7) is 11.1. The molecule has 4 saturated carbocycles. The van der Waals surface area contributed by atoms with Crippen molar-refractivity contribution >= 4 is 11.3 Å². The van der Waals surface area contributed by atoms with E-state index in [4.69, 9.17) is 0 Å². The summed E-state index contributed by atoms with van der Waals surface area (Å²) in [5.74, 6) is 1.65. The molecule has 7 atom stereocenters. The van der Waals surface area contributed by atoms with Gasteiger partial charge in [0.05, 0.1) is 18.3 Å². The predicted molar refractivity (Wildman–Crippen MR) is 149 cm³/mol. The summed E-state index contributed by atoms with van der Waals surface area (Å²) in [5.41, 5.74) is 3.53. The van der Waals surface area contributed by atoms with Gasteiger partial charge in [0.15, 0.2) is 0 Å². The molecule has 0 amide bonds. The van der Waals surface area contributed by atoms with E-state index in [0.29, 0.717) is 30.6 Å². The summed E-state index contributed by atoms with van der Waals surface area (Å²) in [4.78, 5) is 2.66. The lowest BCUT2D eigenvalue weighted by Gasteiger charge is -2.44. The van der Waals surface area contributed by atoms with Gasteiger partial charge in [0.1, 0.15) is 0 Å². The lowest BCUT2D eigenvalue weighted by Crippen LogP contribution is -2.35. The van der Waals surface area contributed by atoms with Gasteiger partial charge in [-0.15, -0.1) is 11.3 Å². The number of allylic oxidation sites excluding steroid dienone is 4. The largest absolute Gasteiger partial charge is 0.393 e. The van der Waals surface area contributed by atoms with E-state index in [1.54, 1.807) is 0 Å². The zero-order valence-corrected chi connectivity index (χ0v) is 23.1. The molecule has 36 heavy (non-hydrogen) atoms. The van der Waals surface area contributed by atoms with Crippen molar-refractivity contribution in [3.8, 4) is 0 Å². The molecule has 1 aromatic rings. The summed E-state index contributed by atoms with van der Waals surface area (Å²) in [6, 6.07) is 4.39. The third-order valence-corrected chi connectivity index (χ3v) is 11.3. The standard InChI is InChI=1S/C32H44O3S/c1-20(7-13-29(35)32(16-17-32)30-14-8-21(2)36-30)26-11-12-27-23(6-5-15-31(26,27)4)9-10-24-18-25(33)19-28(34)22(24)3/h7-10,13-14,20,25-29,33-35H,3,5-6,11-12,15-19H2,1-2,4H3/t20-,25-,26-,27+,28+,29-,31-/m1/s1. The number of aryl methyl sites for hydroxylation is 1. The van der Waals surface area contributed by atoms with E-state index in [9.17, 15) is 15.3 Å². The van der Waals surface area contributed by atoms with Crippen LogP contribution in [-0.4, -0.2) is 33.6 Å². The van der Waals surface area contributed by atoms with Crippen molar-refractivity contribution in [2.75, 3.05) is 0 Å². The minimum absolute atomic E-state index is 0.0458. The van der Waals surface area contributed by atoms with E-state index in [2.05, 4.69) is 63.8 Å². The summed E-state index contributed by atoms with van der Waals surface area (Å²) >= 11 is 1.84. The van der Waals surface area contributed by atoms with Crippen LogP contribution in [0.4, 0.5) is 0 Å². The highest BCUT2D eigenvalue weighted by atomic mass is 32.1. The second-order valence-electron chi connectivity index (χ2n) is 12.4. The summed E-state index contributed by atoms with van der Waals surface area (Å²) in [5, 5.41) is 31.5. The van der Waals surface area contributed by atoms with Gasteiger partial charge < -0.3 is 15.3 Å². The first-order valence-corrected chi connectivity index (χ1v) is 14.8. The zero-order chi connectivity index (χ0) is 25.7. The Kier molecular flexibility index (Phi) is 7.28. The van der Waals surface area contributed by atoms with Crippen LogP contribution in [0.5, 0.6) is 0 Å². The fourth-order valence-electron chi connectivity index (χ4n) is 7.73. The van der Waals surface area contributed by atoms with Crippen molar-refractivity contribution in [3.05, 3.63) is 69.5 Å². The van der Waals surface area contributed by atoms with Crippen molar-refractivity contribution in [2.45, 2.75) is 102 Å². The lowest BCUT2D eigenvalue weighted by molar-refractivity contribution is 0.0862. The van der Waals surface area contributed by atoms with Crippen molar-refractivity contribution < 1.29 is 15.3 Å². The first kappa shape index (κ1) is 26.2. The first-order chi connectivity index (χ1) is 17.1. The van der Waals surface area contributed by atoms with Crippen molar-refractivity contribution in [1.29, 1.82) is 0 Å². The summed E-state index contributed by atoms with van der Waals surface area (Å²) < 4.78 is 0. The fourth-order valence-corrected chi connectivity index (χ4v) is 8.88. The van der Waals surface area contributed by atoms with Crippen molar-refractivity contribution in [1.82, 2.24) is 0 Å². The van der Waals surface area contributed by atoms with Crippen LogP contribution in [0.25, 0.3) is 0 Å². The topological polar surface area (TPSA) is 60.7 Å². The van der Waals surface area contributed by atoms with Crippen LogP contribution in [0.3, 0.4) is 0 Å². The molecular weight excluding hydrogens is 464 g/mol. The van der Waals surface area contributed by atoms with Gasteiger partial charge in [-0.25, -0.2) is 0 Å². The van der Waals surface area contributed by atoms with Gasteiger partial charge in [-0.3, -0.25) is 0 Å². The molecule has 3 nitrogen and oxygen atoms in total. The predicted octanol–water partition coefficient (Wildman–Crippen LogP) is 6.78. The lowest BCUT2D eigenvalue weighted by atomic mass is 9.61. The molecule has 1 heterocycles. The Morgan fingerprint density at radius 2 is 1.89 bits per heavy atom. The van der Waals surface area contributed by atoms with Gasteiger partial charge in [-0.2, -0.15) is 0 Å². The van der Waals surface area contributed by atoms with Gasteiger partial charge in [0.2, 0.25) is 0 Å². The molecule has 0 bridgehead atoms. The van der Waals surface area contributed by atoms with Gasteiger partial charge in [0.25, 0.3) is 0 Å². The molecule has 5 rings (SSSR count). The molecule has 0 spiro atoms. The quantitative estimate of drug-likeness (QED) is 0.371. The molecule has 0 aliphatic heterocycles. The third kappa shape index (κ3) is 4.75. The molecule has 1 aromatic heterocycles. The average Bonchev–Trinajstić information content (AvgIpc) is 3.41. The maximum Gasteiger partial charge on any atom is 0.0825 e. The number of hydrogen-bond donors (Lipinski definition) is 3. The molecular formula is C32H44O3S. The van der Waals surface area contributed by atoms with E-state index >= 15 is 0 Å². The molecule has 0 unspecified atom stereocenters. The minimum atomic E-state index is -0.632. The minimum Gasteiger partial charge on any atom is -0.393 e. The highest BCUT2D eigenvalue weighted by Crippen LogP contribution is 2.60. The Hall–Kier alpha value is -1.46. The smallest absolute Gasteiger partial charge is 0.0825 e. The van der Waals surface area contributed by atoms with Gasteiger partial charge in [0, 0.05) is 21.6 Å². The Bertz CT molecular complexity index is 1070. The van der Waals surface area contributed by atoms with Gasteiger partial charge in [-0.1, -0.05) is 50.3 Å². The maximum atomic E-state index is 11.1. The Morgan fingerprint density at radius 3 is 2.58 bits per heavy atom. The van der Waals surface area contributed by atoms with E-state index in [1.165, 1.54) is 41.0 Å². The molecule has 0 aromatic carbocycles. The van der Waals surface area contributed by atoms with Gasteiger partial charge >= 0.3 is 0 Å². The SMILES string of the molecule is C=C1C(=CC=C2CCC[C@]3(C)[C@@H]([C@H](C)C=C[C@@H](O)C4(c5ccc(C)s5)CC4)CC[C@@H]23)C[C@@H](O)C[C@@H]1O. The van der Waals surface area contributed by atoms with Crippen LogP contribution < -0.4 is 0 Å². The molecule has 4 aliphatic rings. The van der Waals surface area contributed by atoms with Crippen LogP contribution in [0.2, 0.25) is 0 Å².